The summed E-state index contributed by atoms with van der Waals surface area (Å²) in [6.45, 7) is 4.17. The fraction of sp³-hybridized carbons (Fsp3) is 0.579. The summed E-state index contributed by atoms with van der Waals surface area (Å²) in [6, 6.07) is 7.00. The van der Waals surface area contributed by atoms with E-state index in [1.54, 1.807) is 19.2 Å². The lowest BCUT2D eigenvalue weighted by atomic mass is 10.1. The highest BCUT2D eigenvalue weighted by Gasteiger charge is 2.12. The number of allylic oxidation sites excluding steroid dienone is 1. The van der Waals surface area contributed by atoms with E-state index < -0.39 is 9.84 Å². The number of nitrogens with one attached hydrogen (secondary N) is 1. The molecule has 0 saturated carbocycles. The molecule has 0 aliphatic carbocycles. The molecular weight excluding hydrogens is 306 g/mol. The molecule has 0 aliphatic heterocycles. The predicted octanol–water partition coefficient (Wildman–Crippen LogP) is 4.97. The molecule has 0 aromatic heterocycles. The average Bonchev–Trinajstić information content (AvgIpc) is 2.53. The predicted molar refractivity (Wildman–Crippen MR) is 98.1 cm³/mol. The van der Waals surface area contributed by atoms with Crippen LogP contribution >= 0.6 is 0 Å². The highest BCUT2D eigenvalue weighted by atomic mass is 32.2. The van der Waals surface area contributed by atoms with Gasteiger partial charge in [0.05, 0.1) is 10.3 Å². The Morgan fingerprint density at radius 3 is 2.13 bits per heavy atom. The smallest absolute Gasteiger partial charge is 0.201 e. The van der Waals surface area contributed by atoms with Gasteiger partial charge in [0.1, 0.15) is 0 Å². The minimum absolute atomic E-state index is 0.357. The number of benzene rings is 1. The molecule has 0 unspecified atom stereocenters. The van der Waals surface area contributed by atoms with E-state index in [1.165, 1.54) is 37.5 Å². The lowest BCUT2D eigenvalue weighted by molar-refractivity contribution is 0.583. The Balaban J connectivity index is 2.52. The van der Waals surface area contributed by atoms with Gasteiger partial charge in [-0.15, -0.1) is 0 Å². The molecule has 130 valence electrons. The number of aryl methyl sites for hydroxylation is 1. The molecule has 0 radical (unpaired) electrons. The van der Waals surface area contributed by atoms with Crippen molar-refractivity contribution in [2.45, 2.75) is 70.1 Å². The first kappa shape index (κ1) is 19.8. The number of rotatable bonds is 11. The van der Waals surface area contributed by atoms with E-state index >= 15 is 0 Å². The van der Waals surface area contributed by atoms with Crippen LogP contribution in [0.25, 0.3) is 0 Å². The highest BCUT2D eigenvalue weighted by Crippen LogP contribution is 2.17. The minimum atomic E-state index is -3.37. The summed E-state index contributed by atoms with van der Waals surface area (Å²) >= 11 is 0. The van der Waals surface area contributed by atoms with Crippen molar-refractivity contribution in [1.29, 1.82) is 0 Å². The molecular formula is C19H31NO2S. The van der Waals surface area contributed by atoms with Crippen LogP contribution in [0.4, 0.5) is 0 Å². The third-order valence-corrected chi connectivity index (χ3v) is 5.54. The van der Waals surface area contributed by atoms with Crippen LogP contribution in [0.15, 0.2) is 40.3 Å². The van der Waals surface area contributed by atoms with Gasteiger partial charge in [-0.05, 0) is 31.9 Å². The lowest BCUT2D eigenvalue weighted by Gasteiger charge is -2.08. The van der Waals surface area contributed by atoms with Crippen molar-refractivity contribution in [2.24, 2.45) is 0 Å². The summed E-state index contributed by atoms with van der Waals surface area (Å²) in [6.07, 6.45) is 9.40. The lowest BCUT2D eigenvalue weighted by Crippen LogP contribution is -2.09. The summed E-state index contributed by atoms with van der Waals surface area (Å²) in [5.74, 6) is 0. The molecule has 0 atom stereocenters. The first-order valence-electron chi connectivity index (χ1n) is 8.69. The van der Waals surface area contributed by atoms with Gasteiger partial charge in [0.15, 0.2) is 0 Å². The number of hydrogen-bond donors (Lipinski definition) is 1. The monoisotopic (exact) mass is 337 g/mol. The zero-order chi connectivity index (χ0) is 17.1. The van der Waals surface area contributed by atoms with Crippen LogP contribution in [0, 0.1) is 6.92 Å². The summed E-state index contributed by atoms with van der Waals surface area (Å²) < 4.78 is 24.8. The normalized spacial score (nSPS) is 12.4. The molecule has 0 fully saturated rings. The third kappa shape index (κ3) is 7.69. The van der Waals surface area contributed by atoms with Crippen LogP contribution in [0.1, 0.15) is 63.9 Å². The van der Waals surface area contributed by atoms with Crippen molar-refractivity contribution < 1.29 is 8.42 Å². The van der Waals surface area contributed by atoms with Crippen molar-refractivity contribution in [3.05, 3.63) is 40.9 Å². The molecule has 1 aromatic carbocycles. The molecule has 0 aliphatic rings. The summed E-state index contributed by atoms with van der Waals surface area (Å²) in [4.78, 5) is 0.357. The van der Waals surface area contributed by atoms with Crippen molar-refractivity contribution in [3.8, 4) is 0 Å². The molecule has 0 amide bonds. The van der Waals surface area contributed by atoms with Gasteiger partial charge in [0, 0.05) is 12.7 Å². The van der Waals surface area contributed by atoms with Crippen LogP contribution in [0.5, 0.6) is 0 Å². The Bertz CT molecular complexity index is 574. The van der Waals surface area contributed by atoms with Crippen LogP contribution in [-0.4, -0.2) is 15.5 Å². The van der Waals surface area contributed by atoms with Gasteiger partial charge < -0.3 is 5.32 Å². The molecule has 0 spiro atoms. The molecule has 1 rings (SSSR count). The molecule has 23 heavy (non-hydrogen) atoms. The quantitative estimate of drug-likeness (QED) is 0.580. The van der Waals surface area contributed by atoms with Gasteiger partial charge in [0.25, 0.3) is 0 Å². The van der Waals surface area contributed by atoms with E-state index in [0.29, 0.717) is 4.90 Å². The summed E-state index contributed by atoms with van der Waals surface area (Å²) in [7, 11) is -1.58. The van der Waals surface area contributed by atoms with E-state index in [2.05, 4.69) is 12.2 Å². The number of sulfone groups is 1. The SMILES string of the molecule is CCCCCCCCC/C(=C\S(=O)(=O)c1ccc(C)cc1)NC. The number of hydrogen-bond acceptors (Lipinski definition) is 3. The summed E-state index contributed by atoms with van der Waals surface area (Å²) in [5, 5.41) is 4.42. The Morgan fingerprint density at radius 1 is 1.00 bits per heavy atom. The molecule has 1 aromatic rings. The first-order valence-corrected chi connectivity index (χ1v) is 10.2. The van der Waals surface area contributed by atoms with E-state index in [0.717, 1.165) is 30.5 Å². The minimum Gasteiger partial charge on any atom is -0.391 e. The van der Waals surface area contributed by atoms with Crippen LogP contribution < -0.4 is 5.32 Å². The second-order valence-electron chi connectivity index (χ2n) is 6.12. The van der Waals surface area contributed by atoms with Crippen LogP contribution in [-0.2, 0) is 9.84 Å². The largest absolute Gasteiger partial charge is 0.391 e. The van der Waals surface area contributed by atoms with Crippen molar-refractivity contribution in [3.63, 3.8) is 0 Å². The number of unbranched alkanes of at least 4 members (excludes halogenated alkanes) is 6. The van der Waals surface area contributed by atoms with Crippen molar-refractivity contribution in [1.82, 2.24) is 5.32 Å². The molecule has 0 saturated heterocycles. The molecule has 0 bridgehead atoms. The second kappa shape index (κ2) is 10.5. The van der Waals surface area contributed by atoms with Crippen molar-refractivity contribution in [2.75, 3.05) is 7.05 Å². The molecule has 3 nitrogen and oxygen atoms in total. The standard InChI is InChI=1S/C19H31NO2S/c1-4-5-6-7-8-9-10-11-18(20-3)16-23(21,22)19-14-12-17(2)13-15-19/h12-16,20H,4-11H2,1-3H3/b18-16+. The third-order valence-electron chi connectivity index (χ3n) is 4.02. The molecule has 0 heterocycles. The Kier molecular flexibility index (Phi) is 9.00. The Morgan fingerprint density at radius 2 is 1.57 bits per heavy atom. The maximum absolute atomic E-state index is 12.4. The van der Waals surface area contributed by atoms with E-state index in [1.807, 2.05) is 19.1 Å². The Labute approximate surface area is 142 Å². The topological polar surface area (TPSA) is 46.2 Å². The van der Waals surface area contributed by atoms with Gasteiger partial charge in [0.2, 0.25) is 9.84 Å². The average molecular weight is 338 g/mol. The molecule has 1 N–H and O–H groups in total. The Hall–Kier alpha value is -1.29. The fourth-order valence-corrected chi connectivity index (χ4v) is 3.76. The van der Waals surface area contributed by atoms with Gasteiger partial charge >= 0.3 is 0 Å². The maximum Gasteiger partial charge on any atom is 0.201 e. The van der Waals surface area contributed by atoms with Gasteiger partial charge in [-0.1, -0.05) is 63.1 Å². The van der Waals surface area contributed by atoms with E-state index in [9.17, 15) is 8.42 Å². The maximum atomic E-state index is 12.4. The van der Waals surface area contributed by atoms with Crippen LogP contribution in [0.3, 0.4) is 0 Å². The van der Waals surface area contributed by atoms with Crippen LogP contribution in [0.2, 0.25) is 0 Å². The first-order chi connectivity index (χ1) is 11.0. The van der Waals surface area contributed by atoms with Gasteiger partial charge in [-0.3, -0.25) is 0 Å². The zero-order valence-corrected chi connectivity index (χ0v) is 15.6. The zero-order valence-electron chi connectivity index (χ0n) is 14.8. The van der Waals surface area contributed by atoms with E-state index in [4.69, 9.17) is 0 Å². The van der Waals surface area contributed by atoms with E-state index in [-0.39, 0.29) is 0 Å². The molecule has 4 heteroatoms. The van der Waals surface area contributed by atoms with Gasteiger partial charge in [-0.2, -0.15) is 0 Å². The summed E-state index contributed by atoms with van der Waals surface area (Å²) in [5.41, 5.74) is 1.85. The second-order valence-corrected chi connectivity index (χ2v) is 7.92. The van der Waals surface area contributed by atoms with Gasteiger partial charge in [-0.25, -0.2) is 8.42 Å². The van der Waals surface area contributed by atoms with Crippen molar-refractivity contribution >= 4 is 9.84 Å². The highest BCUT2D eigenvalue weighted by molar-refractivity contribution is 7.94. The fourth-order valence-electron chi connectivity index (χ4n) is 2.50.